The van der Waals surface area contributed by atoms with Gasteiger partial charge in [-0.05, 0) is 30.9 Å². The zero-order chi connectivity index (χ0) is 15.3. The van der Waals surface area contributed by atoms with Crippen LogP contribution in [0, 0.1) is 17.6 Å². The fourth-order valence-corrected chi connectivity index (χ4v) is 4.05. The first-order valence-corrected chi connectivity index (χ1v) is 7.66. The summed E-state index contributed by atoms with van der Waals surface area (Å²) in [6, 6.07) is 2.47. The maximum Gasteiger partial charge on any atom is 0.232 e. The zero-order valence-corrected chi connectivity index (χ0v) is 12.0. The summed E-state index contributed by atoms with van der Waals surface area (Å²) in [5.74, 6) is -3.53. The number of amides is 1. The predicted octanol–water partition coefficient (Wildman–Crippen LogP) is 2.93. The molecule has 0 radical (unpaired) electrons. The number of carbonyl (C=O) groups is 1. The number of carbonyl (C=O) groups excluding carboxylic acids is 1. The highest BCUT2D eigenvalue weighted by Crippen LogP contribution is 2.48. The third-order valence-electron chi connectivity index (χ3n) is 4.97. The molecule has 1 aliphatic carbocycles. The van der Waals surface area contributed by atoms with E-state index in [9.17, 15) is 13.6 Å². The summed E-state index contributed by atoms with van der Waals surface area (Å²) >= 11 is 0. The Morgan fingerprint density at radius 2 is 2.00 bits per heavy atom. The van der Waals surface area contributed by atoms with Crippen LogP contribution >= 0.6 is 0 Å². The second kappa shape index (κ2) is 4.99. The van der Waals surface area contributed by atoms with Gasteiger partial charge in [-0.2, -0.15) is 0 Å². The van der Waals surface area contributed by atoms with Crippen LogP contribution in [0.4, 0.5) is 14.5 Å². The van der Waals surface area contributed by atoms with Gasteiger partial charge in [0.05, 0.1) is 19.1 Å². The van der Waals surface area contributed by atoms with E-state index in [0.29, 0.717) is 25.3 Å². The topological polar surface area (TPSA) is 47.6 Å². The molecule has 118 valence electrons. The quantitative estimate of drug-likeness (QED) is 0.867. The van der Waals surface area contributed by atoms with Gasteiger partial charge in [0.15, 0.2) is 17.4 Å². The minimum atomic E-state index is -0.922. The van der Waals surface area contributed by atoms with Gasteiger partial charge in [-0.1, -0.05) is 0 Å². The lowest BCUT2D eigenvalue weighted by Crippen LogP contribution is -2.39. The Labute approximate surface area is 126 Å². The van der Waals surface area contributed by atoms with Crippen LogP contribution in [-0.4, -0.2) is 24.9 Å². The Hall–Kier alpha value is -1.53. The van der Waals surface area contributed by atoms with E-state index in [1.54, 1.807) is 0 Å². The number of hydrogen-bond donors (Lipinski definition) is 1. The summed E-state index contributed by atoms with van der Waals surface area (Å²) in [4.78, 5) is 12.3. The molecule has 1 aromatic rings. The Balaban J connectivity index is 1.68. The molecule has 1 saturated carbocycles. The minimum Gasteiger partial charge on any atom is -0.348 e. The Morgan fingerprint density at radius 1 is 1.23 bits per heavy atom. The van der Waals surface area contributed by atoms with Crippen molar-refractivity contribution < 1.29 is 23.0 Å². The van der Waals surface area contributed by atoms with E-state index >= 15 is 0 Å². The van der Waals surface area contributed by atoms with Gasteiger partial charge in [0.2, 0.25) is 5.91 Å². The fraction of sp³-hybridized carbons (Fsp3) is 0.562. The van der Waals surface area contributed by atoms with Gasteiger partial charge in [0.25, 0.3) is 0 Å². The van der Waals surface area contributed by atoms with E-state index in [4.69, 9.17) is 9.47 Å². The molecule has 1 saturated heterocycles. The van der Waals surface area contributed by atoms with Crippen LogP contribution < -0.4 is 5.32 Å². The van der Waals surface area contributed by atoms with Crippen molar-refractivity contribution in [3.8, 4) is 0 Å². The number of benzene rings is 1. The molecule has 1 spiro atoms. The predicted molar refractivity (Wildman–Crippen MR) is 74.3 cm³/mol. The van der Waals surface area contributed by atoms with Gasteiger partial charge >= 0.3 is 0 Å². The largest absolute Gasteiger partial charge is 0.348 e. The molecule has 0 aromatic heterocycles. The van der Waals surface area contributed by atoms with Gasteiger partial charge in [0.1, 0.15) is 0 Å². The first-order valence-electron chi connectivity index (χ1n) is 7.66. The average Bonchev–Trinajstić information content (AvgIpc) is 3.08. The molecule has 2 atom stereocenters. The lowest BCUT2D eigenvalue weighted by molar-refractivity contribution is -0.188. The van der Waals surface area contributed by atoms with Crippen molar-refractivity contribution in [2.24, 2.45) is 5.92 Å². The van der Waals surface area contributed by atoms with Crippen molar-refractivity contribution in [3.05, 3.63) is 29.3 Å². The molecule has 2 heterocycles. The van der Waals surface area contributed by atoms with E-state index in [1.165, 1.54) is 6.07 Å². The first-order chi connectivity index (χ1) is 10.6. The SMILES string of the molecule is O=C1Nc2ccc(F)c(F)c2C1C1CCCC2(C1)OCCO2. The van der Waals surface area contributed by atoms with Crippen LogP contribution in [0.1, 0.15) is 37.2 Å². The summed E-state index contributed by atoms with van der Waals surface area (Å²) in [5, 5.41) is 2.66. The number of rotatable bonds is 1. The van der Waals surface area contributed by atoms with Crippen LogP contribution in [-0.2, 0) is 14.3 Å². The van der Waals surface area contributed by atoms with Crippen molar-refractivity contribution in [1.82, 2.24) is 0 Å². The van der Waals surface area contributed by atoms with Crippen LogP contribution in [0.2, 0.25) is 0 Å². The van der Waals surface area contributed by atoms with Crippen LogP contribution in [0.25, 0.3) is 0 Å². The number of nitrogens with one attached hydrogen (secondary N) is 1. The van der Waals surface area contributed by atoms with Crippen molar-refractivity contribution in [1.29, 1.82) is 0 Å². The van der Waals surface area contributed by atoms with E-state index in [-0.39, 0.29) is 17.4 Å². The number of hydrogen-bond acceptors (Lipinski definition) is 3. The van der Waals surface area contributed by atoms with Gasteiger partial charge in [-0.15, -0.1) is 0 Å². The standard InChI is InChI=1S/C16H17F2NO3/c17-10-3-4-11-13(14(10)18)12(15(20)19-11)9-2-1-5-16(8-9)21-6-7-22-16/h3-4,9,12H,1-2,5-8H2,(H,19,20). The second-order valence-corrected chi connectivity index (χ2v) is 6.25. The number of anilines is 1. The smallest absolute Gasteiger partial charge is 0.232 e. The maximum absolute atomic E-state index is 14.2. The molecule has 1 N–H and O–H groups in total. The fourth-order valence-electron chi connectivity index (χ4n) is 4.05. The van der Waals surface area contributed by atoms with E-state index in [1.807, 2.05) is 0 Å². The highest BCUT2D eigenvalue weighted by Gasteiger charge is 2.48. The molecule has 1 amide bonds. The first kappa shape index (κ1) is 14.1. The monoisotopic (exact) mass is 309 g/mol. The highest BCUT2D eigenvalue weighted by atomic mass is 19.2. The summed E-state index contributed by atoms with van der Waals surface area (Å²) in [6.07, 6.45) is 2.96. The average molecular weight is 309 g/mol. The van der Waals surface area contributed by atoms with Crippen LogP contribution in [0.15, 0.2) is 12.1 Å². The van der Waals surface area contributed by atoms with Gasteiger partial charge in [0, 0.05) is 24.1 Å². The van der Waals surface area contributed by atoms with E-state index in [0.717, 1.165) is 25.3 Å². The Bertz CT molecular complexity index is 628. The molecule has 2 aliphatic heterocycles. The second-order valence-electron chi connectivity index (χ2n) is 6.25. The third-order valence-corrected chi connectivity index (χ3v) is 4.97. The minimum absolute atomic E-state index is 0.107. The van der Waals surface area contributed by atoms with Gasteiger partial charge in [-0.25, -0.2) is 8.78 Å². The molecular formula is C16H17F2NO3. The number of halogens is 2. The molecule has 4 rings (SSSR count). The molecular weight excluding hydrogens is 292 g/mol. The molecule has 6 heteroatoms. The van der Waals surface area contributed by atoms with Gasteiger partial charge < -0.3 is 14.8 Å². The van der Waals surface area contributed by atoms with Crippen molar-refractivity contribution in [2.45, 2.75) is 37.4 Å². The summed E-state index contributed by atoms with van der Waals surface area (Å²) < 4.78 is 39.2. The van der Waals surface area contributed by atoms with Crippen LogP contribution in [0.3, 0.4) is 0 Å². The van der Waals surface area contributed by atoms with Crippen molar-refractivity contribution in [2.75, 3.05) is 18.5 Å². The van der Waals surface area contributed by atoms with E-state index < -0.39 is 23.3 Å². The van der Waals surface area contributed by atoms with E-state index in [2.05, 4.69) is 5.32 Å². The number of fused-ring (bicyclic) bond motifs is 1. The summed E-state index contributed by atoms with van der Waals surface area (Å²) in [7, 11) is 0. The third kappa shape index (κ3) is 2.05. The molecule has 4 nitrogen and oxygen atoms in total. The van der Waals surface area contributed by atoms with Gasteiger partial charge in [-0.3, -0.25) is 4.79 Å². The van der Waals surface area contributed by atoms with Crippen LogP contribution in [0.5, 0.6) is 0 Å². The lowest BCUT2D eigenvalue weighted by Gasteiger charge is -2.38. The normalized spacial score (nSPS) is 29.6. The molecule has 2 unspecified atom stereocenters. The molecule has 0 bridgehead atoms. The Kier molecular flexibility index (Phi) is 3.20. The maximum atomic E-state index is 14.2. The molecule has 2 fully saturated rings. The Morgan fingerprint density at radius 3 is 2.77 bits per heavy atom. The molecule has 3 aliphatic rings. The van der Waals surface area contributed by atoms with Crippen molar-refractivity contribution >= 4 is 11.6 Å². The molecule has 22 heavy (non-hydrogen) atoms. The van der Waals surface area contributed by atoms with Crippen molar-refractivity contribution in [3.63, 3.8) is 0 Å². The summed E-state index contributed by atoms with van der Waals surface area (Å²) in [5.41, 5.74) is 0.534. The summed E-state index contributed by atoms with van der Waals surface area (Å²) in [6.45, 7) is 1.09. The zero-order valence-electron chi connectivity index (χ0n) is 12.0. The highest BCUT2D eigenvalue weighted by molar-refractivity contribution is 6.03. The number of ether oxygens (including phenoxy) is 2. The lowest BCUT2D eigenvalue weighted by atomic mass is 9.75. The molecule has 1 aromatic carbocycles.